The zero-order valence-electron chi connectivity index (χ0n) is 22.1. The molecule has 1 amide bonds. The van der Waals surface area contributed by atoms with Crippen LogP contribution in [0.1, 0.15) is 16.7 Å². The van der Waals surface area contributed by atoms with Crippen LogP contribution < -0.4 is 14.4 Å². The molecule has 0 bridgehead atoms. The Hall–Kier alpha value is -4.65. The molecule has 0 atom stereocenters. The maximum Gasteiger partial charge on any atom is 0.573 e. The highest BCUT2D eigenvalue weighted by atomic mass is 32.2. The van der Waals surface area contributed by atoms with Crippen LogP contribution in [0.4, 0.5) is 18.9 Å². The molecule has 1 aliphatic heterocycles. The standard InChI is InChI=1S/C28H23F3N6O3S/c1-17-12-23(39-3)13-18(2)25(17)37-24(38)15-41-27(37)34-33-14-19-4-6-20(7-5-19)26-32-16-36(35-26)21-8-10-22(11-9-21)40-28(29,30)31/h4-14,16H,15H2,1-3H3. The number of halogens is 3. The molecule has 5 rings (SSSR count). The van der Waals surface area contributed by atoms with E-state index in [0.29, 0.717) is 16.7 Å². The van der Waals surface area contributed by atoms with Crippen molar-refractivity contribution in [2.45, 2.75) is 20.2 Å². The average Bonchev–Trinajstić information content (AvgIpc) is 3.56. The summed E-state index contributed by atoms with van der Waals surface area (Å²) >= 11 is 1.32. The van der Waals surface area contributed by atoms with Crippen molar-refractivity contribution in [1.82, 2.24) is 14.8 Å². The Balaban J connectivity index is 1.28. The fraction of sp³-hybridized carbons (Fsp3) is 0.179. The molecule has 1 fully saturated rings. The fourth-order valence-corrected chi connectivity index (χ4v) is 5.03. The number of thioether (sulfide) groups is 1. The maximum absolute atomic E-state index is 12.7. The molecule has 3 aromatic carbocycles. The van der Waals surface area contributed by atoms with Crippen molar-refractivity contribution in [3.05, 3.63) is 83.7 Å². The third kappa shape index (κ3) is 6.40. The zero-order chi connectivity index (χ0) is 29.1. The third-order valence-electron chi connectivity index (χ3n) is 6.03. The van der Waals surface area contributed by atoms with Crippen molar-refractivity contribution < 1.29 is 27.4 Å². The highest BCUT2D eigenvalue weighted by Gasteiger charge is 2.32. The largest absolute Gasteiger partial charge is 0.573 e. The van der Waals surface area contributed by atoms with Gasteiger partial charge in [0.1, 0.15) is 17.8 Å². The summed E-state index contributed by atoms with van der Waals surface area (Å²) in [7, 11) is 1.60. The van der Waals surface area contributed by atoms with E-state index in [1.807, 2.05) is 50.2 Å². The monoisotopic (exact) mass is 580 g/mol. The van der Waals surface area contributed by atoms with Gasteiger partial charge < -0.3 is 9.47 Å². The summed E-state index contributed by atoms with van der Waals surface area (Å²) < 4.78 is 47.8. The van der Waals surface area contributed by atoms with E-state index in [1.165, 1.54) is 47.0 Å². The van der Waals surface area contributed by atoms with Crippen molar-refractivity contribution in [3.63, 3.8) is 0 Å². The number of carbonyl (C=O) groups is 1. The minimum Gasteiger partial charge on any atom is -0.497 e. The first-order chi connectivity index (χ1) is 19.6. The molecule has 41 heavy (non-hydrogen) atoms. The van der Waals surface area contributed by atoms with Crippen LogP contribution in [-0.4, -0.2) is 51.3 Å². The van der Waals surface area contributed by atoms with Crippen LogP contribution in [0, 0.1) is 13.8 Å². The number of methoxy groups -OCH3 is 1. The first-order valence-corrected chi connectivity index (χ1v) is 13.2. The number of nitrogens with zero attached hydrogens (tertiary/aromatic N) is 6. The number of aromatic nitrogens is 3. The number of anilines is 1. The second kappa shape index (κ2) is 11.5. The van der Waals surface area contributed by atoms with Crippen LogP contribution >= 0.6 is 11.8 Å². The molecular weight excluding hydrogens is 557 g/mol. The summed E-state index contributed by atoms with van der Waals surface area (Å²) in [4.78, 5) is 18.6. The molecule has 13 heteroatoms. The van der Waals surface area contributed by atoms with Crippen LogP contribution in [0.2, 0.25) is 0 Å². The lowest BCUT2D eigenvalue weighted by atomic mass is 10.1. The number of carbonyl (C=O) groups excluding carboxylic acids is 1. The van der Waals surface area contributed by atoms with Gasteiger partial charge in [-0.15, -0.1) is 23.4 Å². The Morgan fingerprint density at radius 3 is 2.32 bits per heavy atom. The molecule has 210 valence electrons. The van der Waals surface area contributed by atoms with Crippen LogP contribution in [0.15, 0.2) is 77.2 Å². The van der Waals surface area contributed by atoms with Gasteiger partial charge in [0.25, 0.3) is 0 Å². The Labute approximate surface area is 237 Å². The number of hydrogen-bond acceptors (Lipinski definition) is 8. The quantitative estimate of drug-likeness (QED) is 0.199. The minimum atomic E-state index is -4.75. The predicted molar refractivity (Wildman–Crippen MR) is 151 cm³/mol. The van der Waals surface area contributed by atoms with E-state index < -0.39 is 6.36 Å². The van der Waals surface area contributed by atoms with Crippen molar-refractivity contribution in [3.8, 4) is 28.6 Å². The van der Waals surface area contributed by atoms with Gasteiger partial charge in [-0.2, -0.15) is 5.10 Å². The number of benzene rings is 3. The molecule has 1 saturated heterocycles. The Morgan fingerprint density at radius 1 is 1.00 bits per heavy atom. The Morgan fingerprint density at radius 2 is 1.68 bits per heavy atom. The molecule has 1 aliphatic rings. The second-order valence-electron chi connectivity index (χ2n) is 8.93. The topological polar surface area (TPSA) is 94.2 Å². The van der Waals surface area contributed by atoms with E-state index in [4.69, 9.17) is 4.74 Å². The second-order valence-corrected chi connectivity index (χ2v) is 9.87. The van der Waals surface area contributed by atoms with Gasteiger partial charge in [0.05, 0.1) is 30.5 Å². The summed E-state index contributed by atoms with van der Waals surface area (Å²) in [6.45, 7) is 3.84. The lowest BCUT2D eigenvalue weighted by Crippen LogP contribution is -2.30. The van der Waals surface area contributed by atoms with Crippen LogP contribution in [0.25, 0.3) is 17.1 Å². The summed E-state index contributed by atoms with van der Waals surface area (Å²) in [5, 5.41) is 13.4. The van der Waals surface area contributed by atoms with Gasteiger partial charge in [-0.1, -0.05) is 36.0 Å². The summed E-state index contributed by atoms with van der Waals surface area (Å²) in [6, 6.07) is 16.4. The fourth-order valence-electron chi connectivity index (χ4n) is 4.23. The molecule has 9 nitrogen and oxygen atoms in total. The van der Waals surface area contributed by atoms with Crippen LogP contribution in [0.5, 0.6) is 11.5 Å². The van der Waals surface area contributed by atoms with E-state index in [0.717, 1.165) is 33.7 Å². The van der Waals surface area contributed by atoms with Gasteiger partial charge in [0.2, 0.25) is 5.91 Å². The third-order valence-corrected chi connectivity index (χ3v) is 6.95. The van der Waals surface area contributed by atoms with Crippen LogP contribution in [-0.2, 0) is 4.79 Å². The zero-order valence-corrected chi connectivity index (χ0v) is 22.9. The average molecular weight is 581 g/mol. The molecule has 1 aromatic heterocycles. The summed E-state index contributed by atoms with van der Waals surface area (Å²) in [6.07, 6.45) is -1.70. The van der Waals surface area contributed by atoms with E-state index in [1.54, 1.807) is 18.2 Å². The number of ether oxygens (including phenoxy) is 2. The molecule has 0 radical (unpaired) electrons. The SMILES string of the molecule is COc1cc(C)c(N2C(=O)CSC2=NN=Cc2ccc(-c3ncn(-c4ccc(OC(F)(F)F)cc4)n3)cc2)c(C)c1. The number of rotatable bonds is 7. The molecule has 0 N–H and O–H groups in total. The number of aryl methyl sites for hydroxylation is 2. The minimum absolute atomic E-state index is 0.0674. The first-order valence-electron chi connectivity index (χ1n) is 12.2. The molecule has 0 spiro atoms. The Kier molecular flexibility index (Phi) is 7.79. The van der Waals surface area contributed by atoms with E-state index in [9.17, 15) is 18.0 Å². The molecule has 0 saturated carbocycles. The highest BCUT2D eigenvalue weighted by Crippen LogP contribution is 2.35. The maximum atomic E-state index is 12.7. The van der Waals surface area contributed by atoms with E-state index in [-0.39, 0.29) is 17.4 Å². The lowest BCUT2D eigenvalue weighted by Gasteiger charge is -2.21. The van der Waals surface area contributed by atoms with Crippen LogP contribution in [0.3, 0.4) is 0 Å². The number of alkyl halides is 3. The van der Waals surface area contributed by atoms with Crippen molar-refractivity contribution in [2.24, 2.45) is 10.2 Å². The molecule has 0 unspecified atom stereocenters. The first kappa shape index (κ1) is 27.9. The number of hydrogen-bond donors (Lipinski definition) is 0. The number of amides is 1. The molecule has 0 aliphatic carbocycles. The molecule has 4 aromatic rings. The van der Waals surface area contributed by atoms with Gasteiger partial charge in [-0.3, -0.25) is 9.69 Å². The van der Waals surface area contributed by atoms with Crippen molar-refractivity contribution in [2.75, 3.05) is 17.8 Å². The van der Waals surface area contributed by atoms with Gasteiger partial charge >= 0.3 is 6.36 Å². The molecule has 2 heterocycles. The van der Waals surface area contributed by atoms with Gasteiger partial charge in [0, 0.05) is 5.56 Å². The van der Waals surface area contributed by atoms with Gasteiger partial charge in [-0.25, -0.2) is 9.67 Å². The normalized spacial score (nSPS) is 14.8. The summed E-state index contributed by atoms with van der Waals surface area (Å²) in [5.41, 5.74) is 4.60. The van der Waals surface area contributed by atoms with E-state index in [2.05, 4.69) is 25.0 Å². The van der Waals surface area contributed by atoms with Crippen molar-refractivity contribution >= 4 is 34.7 Å². The van der Waals surface area contributed by atoms with Gasteiger partial charge in [0.15, 0.2) is 11.0 Å². The smallest absolute Gasteiger partial charge is 0.497 e. The summed E-state index contributed by atoms with van der Waals surface area (Å²) in [5.74, 6) is 1.05. The molecular formula is C28H23F3N6O3S. The van der Waals surface area contributed by atoms with Crippen molar-refractivity contribution in [1.29, 1.82) is 0 Å². The highest BCUT2D eigenvalue weighted by molar-refractivity contribution is 8.15. The van der Waals surface area contributed by atoms with Gasteiger partial charge in [-0.05, 0) is 66.9 Å². The van der Waals surface area contributed by atoms with E-state index >= 15 is 0 Å². The predicted octanol–water partition coefficient (Wildman–Crippen LogP) is 5.93. The lowest BCUT2D eigenvalue weighted by molar-refractivity contribution is -0.274. The Bertz CT molecular complexity index is 1610. The number of amidine groups is 1.